The van der Waals surface area contributed by atoms with Gasteiger partial charge in [-0.2, -0.15) is 0 Å². The number of rotatable bonds is 8. The predicted octanol–water partition coefficient (Wildman–Crippen LogP) is 2.93. The molecule has 3 rings (SSSR count). The summed E-state index contributed by atoms with van der Waals surface area (Å²) >= 11 is 1.42. The normalized spacial score (nSPS) is 14.1. The van der Waals surface area contributed by atoms with E-state index in [2.05, 4.69) is 40.7 Å². The average Bonchev–Trinajstić information content (AvgIpc) is 3.14. The third-order valence-corrected chi connectivity index (χ3v) is 5.60. The fourth-order valence-electron chi connectivity index (χ4n) is 3.24. The van der Waals surface area contributed by atoms with Gasteiger partial charge in [-0.05, 0) is 38.5 Å². The van der Waals surface area contributed by atoms with E-state index in [-0.39, 0.29) is 5.91 Å². The van der Waals surface area contributed by atoms with Crippen molar-refractivity contribution in [1.29, 1.82) is 0 Å². The molecule has 8 heteroatoms. The van der Waals surface area contributed by atoms with Crippen LogP contribution in [0.5, 0.6) is 0 Å². The summed E-state index contributed by atoms with van der Waals surface area (Å²) in [7, 11) is 0. The second-order valence-corrected chi connectivity index (χ2v) is 8.15. The largest absolute Gasteiger partial charge is 0.378 e. The van der Waals surface area contributed by atoms with Gasteiger partial charge < -0.3 is 14.5 Å². The summed E-state index contributed by atoms with van der Waals surface area (Å²) in [5.74, 6) is 1.18. The number of benzene rings is 1. The Balaban J connectivity index is 1.85. The summed E-state index contributed by atoms with van der Waals surface area (Å²) in [6.45, 7) is 14.0. The number of aryl methyl sites for hydroxylation is 1. The van der Waals surface area contributed by atoms with Gasteiger partial charge >= 0.3 is 0 Å². The SMILES string of the molecule is C=C(C)CN(CC)C(=O)CSc1nnc(N2CCOCC2)n1-c1cccc(C)c1. The van der Waals surface area contributed by atoms with Gasteiger partial charge in [0.15, 0.2) is 5.16 Å². The molecule has 0 unspecified atom stereocenters. The highest BCUT2D eigenvalue weighted by Gasteiger charge is 2.23. The molecule has 0 aliphatic carbocycles. The molecule has 2 heterocycles. The molecule has 1 aromatic heterocycles. The van der Waals surface area contributed by atoms with Crippen LogP contribution in [-0.4, -0.2) is 70.7 Å². The van der Waals surface area contributed by atoms with Gasteiger partial charge in [0.25, 0.3) is 0 Å². The topological polar surface area (TPSA) is 63.5 Å². The molecule has 0 radical (unpaired) electrons. The van der Waals surface area contributed by atoms with E-state index < -0.39 is 0 Å². The lowest BCUT2D eigenvalue weighted by atomic mass is 10.2. The number of amides is 1. The quantitative estimate of drug-likeness (QED) is 0.488. The van der Waals surface area contributed by atoms with Crippen molar-refractivity contribution in [3.63, 3.8) is 0 Å². The van der Waals surface area contributed by atoms with Gasteiger partial charge in [-0.1, -0.05) is 36.0 Å². The first kappa shape index (κ1) is 21.4. The molecule has 1 amide bonds. The Morgan fingerprint density at radius 1 is 1.31 bits per heavy atom. The van der Waals surface area contributed by atoms with Crippen LogP contribution >= 0.6 is 11.8 Å². The highest BCUT2D eigenvalue weighted by molar-refractivity contribution is 7.99. The van der Waals surface area contributed by atoms with Crippen LogP contribution in [0.15, 0.2) is 41.6 Å². The van der Waals surface area contributed by atoms with Crippen molar-refractivity contribution in [2.45, 2.75) is 25.9 Å². The maximum Gasteiger partial charge on any atom is 0.233 e. The molecule has 1 fully saturated rings. The van der Waals surface area contributed by atoms with E-state index in [0.29, 0.717) is 32.1 Å². The average molecular weight is 416 g/mol. The Morgan fingerprint density at radius 3 is 2.72 bits per heavy atom. The second kappa shape index (κ2) is 9.93. The third-order valence-electron chi connectivity index (χ3n) is 4.69. The molecule has 0 N–H and O–H groups in total. The smallest absolute Gasteiger partial charge is 0.233 e. The number of thioether (sulfide) groups is 1. The lowest BCUT2D eigenvalue weighted by molar-refractivity contribution is -0.127. The zero-order valence-electron chi connectivity index (χ0n) is 17.4. The van der Waals surface area contributed by atoms with E-state index in [4.69, 9.17) is 4.74 Å². The minimum Gasteiger partial charge on any atom is -0.378 e. The molecule has 29 heavy (non-hydrogen) atoms. The Hall–Kier alpha value is -2.32. The summed E-state index contributed by atoms with van der Waals surface area (Å²) in [6, 6.07) is 8.25. The number of hydrogen-bond acceptors (Lipinski definition) is 6. The Kier molecular flexibility index (Phi) is 7.33. The number of carbonyl (C=O) groups is 1. The lowest BCUT2D eigenvalue weighted by Crippen LogP contribution is -2.38. The van der Waals surface area contributed by atoms with E-state index in [0.717, 1.165) is 41.0 Å². The molecule has 0 bridgehead atoms. The Morgan fingerprint density at radius 2 is 2.07 bits per heavy atom. The first-order valence-corrected chi connectivity index (χ1v) is 10.9. The van der Waals surface area contributed by atoms with Crippen molar-refractivity contribution < 1.29 is 9.53 Å². The van der Waals surface area contributed by atoms with Crippen LogP contribution in [-0.2, 0) is 9.53 Å². The zero-order chi connectivity index (χ0) is 20.8. The number of carbonyl (C=O) groups excluding carboxylic acids is 1. The first-order chi connectivity index (χ1) is 14.0. The van der Waals surface area contributed by atoms with Crippen molar-refractivity contribution in [3.05, 3.63) is 42.0 Å². The minimum absolute atomic E-state index is 0.0761. The zero-order valence-corrected chi connectivity index (χ0v) is 18.2. The number of morpholine rings is 1. The number of nitrogens with zero attached hydrogens (tertiary/aromatic N) is 5. The van der Waals surface area contributed by atoms with E-state index in [9.17, 15) is 4.79 Å². The van der Waals surface area contributed by atoms with Gasteiger partial charge in [0.1, 0.15) is 0 Å². The summed E-state index contributed by atoms with van der Waals surface area (Å²) in [4.78, 5) is 16.7. The van der Waals surface area contributed by atoms with Crippen LogP contribution < -0.4 is 4.90 Å². The van der Waals surface area contributed by atoms with Crippen LogP contribution in [0.1, 0.15) is 19.4 Å². The van der Waals surface area contributed by atoms with Crippen LogP contribution in [0.3, 0.4) is 0 Å². The summed E-state index contributed by atoms with van der Waals surface area (Å²) in [5, 5.41) is 9.60. The van der Waals surface area contributed by atoms with Gasteiger partial charge in [0, 0.05) is 26.2 Å². The van der Waals surface area contributed by atoms with Crippen LogP contribution in [0.25, 0.3) is 5.69 Å². The third kappa shape index (κ3) is 5.39. The number of anilines is 1. The highest BCUT2D eigenvalue weighted by Crippen LogP contribution is 2.28. The standard InChI is InChI=1S/C21H29N5O2S/c1-5-24(14-16(2)3)19(27)15-29-21-23-22-20(25-9-11-28-12-10-25)26(21)18-8-6-7-17(4)13-18/h6-8,13H,2,5,9-12,14-15H2,1,3-4H3. The summed E-state index contributed by atoms with van der Waals surface area (Å²) in [6.07, 6.45) is 0. The van der Waals surface area contributed by atoms with Crippen molar-refractivity contribution in [3.8, 4) is 5.69 Å². The monoisotopic (exact) mass is 415 g/mol. The molecule has 0 spiro atoms. The van der Waals surface area contributed by atoms with E-state index in [1.54, 1.807) is 0 Å². The van der Waals surface area contributed by atoms with Crippen molar-refractivity contribution >= 4 is 23.6 Å². The van der Waals surface area contributed by atoms with Crippen LogP contribution in [0, 0.1) is 6.92 Å². The number of hydrogen-bond donors (Lipinski definition) is 0. The maximum atomic E-state index is 12.7. The fraction of sp³-hybridized carbons (Fsp3) is 0.476. The number of likely N-dealkylation sites (N-methyl/N-ethyl adjacent to an activating group) is 1. The van der Waals surface area contributed by atoms with Gasteiger partial charge in [-0.15, -0.1) is 10.2 Å². The molecule has 0 saturated carbocycles. The second-order valence-electron chi connectivity index (χ2n) is 7.21. The first-order valence-electron chi connectivity index (χ1n) is 9.89. The van der Waals surface area contributed by atoms with E-state index in [1.165, 1.54) is 11.8 Å². The molecule has 1 aliphatic rings. The molecule has 1 aliphatic heterocycles. The van der Waals surface area contributed by atoms with Gasteiger partial charge in [0.2, 0.25) is 11.9 Å². The molecule has 156 valence electrons. The van der Waals surface area contributed by atoms with Crippen LogP contribution in [0.4, 0.5) is 5.95 Å². The van der Waals surface area contributed by atoms with Crippen LogP contribution in [0.2, 0.25) is 0 Å². The fourth-order valence-corrected chi connectivity index (χ4v) is 4.09. The molecule has 2 aromatic rings. The number of ether oxygens (including phenoxy) is 1. The Bertz CT molecular complexity index is 861. The molecule has 0 atom stereocenters. The van der Waals surface area contributed by atoms with Crippen molar-refractivity contribution in [2.24, 2.45) is 0 Å². The maximum absolute atomic E-state index is 12.7. The van der Waals surface area contributed by atoms with E-state index in [1.807, 2.05) is 35.4 Å². The van der Waals surface area contributed by atoms with Gasteiger partial charge in [0.05, 0.1) is 24.7 Å². The number of aromatic nitrogens is 3. The van der Waals surface area contributed by atoms with Crippen molar-refractivity contribution in [2.75, 3.05) is 50.0 Å². The predicted molar refractivity (Wildman–Crippen MR) is 117 cm³/mol. The molecular weight excluding hydrogens is 386 g/mol. The van der Waals surface area contributed by atoms with E-state index >= 15 is 0 Å². The molecule has 1 aromatic carbocycles. The van der Waals surface area contributed by atoms with Gasteiger partial charge in [-0.25, -0.2) is 0 Å². The Labute approximate surface area is 176 Å². The lowest BCUT2D eigenvalue weighted by Gasteiger charge is -2.28. The summed E-state index contributed by atoms with van der Waals surface area (Å²) in [5.41, 5.74) is 3.14. The molecule has 1 saturated heterocycles. The minimum atomic E-state index is 0.0761. The molecule has 7 nitrogen and oxygen atoms in total. The summed E-state index contributed by atoms with van der Waals surface area (Å²) < 4.78 is 7.53. The van der Waals surface area contributed by atoms with Gasteiger partial charge in [-0.3, -0.25) is 9.36 Å². The molecular formula is C21H29N5O2S. The van der Waals surface area contributed by atoms with Crippen molar-refractivity contribution in [1.82, 2.24) is 19.7 Å². The highest BCUT2D eigenvalue weighted by atomic mass is 32.2.